The van der Waals surface area contributed by atoms with Gasteiger partial charge in [-0.3, -0.25) is 0 Å². The first-order valence-corrected chi connectivity index (χ1v) is 7.67. The van der Waals surface area contributed by atoms with Gasteiger partial charge in [0.15, 0.2) is 11.6 Å². The van der Waals surface area contributed by atoms with Crippen molar-refractivity contribution in [3.8, 4) is 5.75 Å². The van der Waals surface area contributed by atoms with Crippen molar-refractivity contribution in [1.82, 2.24) is 15.2 Å². The molecule has 0 fully saturated rings. The molecule has 0 saturated carbocycles. The quantitative estimate of drug-likeness (QED) is 0.729. The first-order chi connectivity index (χ1) is 10.7. The predicted molar refractivity (Wildman–Crippen MR) is 87.8 cm³/mol. The zero-order valence-corrected chi connectivity index (χ0v) is 13.2. The molecule has 2 aromatic heterocycles. The second-order valence-electron chi connectivity index (χ2n) is 5.02. The lowest BCUT2D eigenvalue weighted by molar-refractivity contribution is 0.300. The Bertz CT molecular complexity index is 589. The summed E-state index contributed by atoms with van der Waals surface area (Å²) in [6.45, 7) is 5.39. The summed E-state index contributed by atoms with van der Waals surface area (Å²) in [5.74, 6) is 1.94. The summed E-state index contributed by atoms with van der Waals surface area (Å²) in [6, 6.07) is 5.67. The Morgan fingerprint density at radius 1 is 1.32 bits per heavy atom. The minimum Gasteiger partial charge on any atom is -0.483 e. The Labute approximate surface area is 131 Å². The lowest BCUT2D eigenvalue weighted by Crippen LogP contribution is -2.09. The van der Waals surface area contributed by atoms with Crippen LogP contribution in [0.1, 0.15) is 37.9 Å². The normalized spacial score (nSPS) is 10.5. The number of rotatable bonds is 8. The number of pyridine rings is 1. The lowest BCUT2D eigenvalue weighted by atomic mass is 10.2. The van der Waals surface area contributed by atoms with E-state index in [1.54, 1.807) is 6.20 Å². The molecule has 0 aliphatic rings. The van der Waals surface area contributed by atoms with Gasteiger partial charge in [0.25, 0.3) is 0 Å². The number of hydrogen-bond acceptors (Lipinski definition) is 6. The molecule has 3 N–H and O–H groups in total. The Balaban J connectivity index is 2.14. The Morgan fingerprint density at radius 3 is 2.86 bits per heavy atom. The van der Waals surface area contributed by atoms with Crippen LogP contribution in [-0.4, -0.2) is 21.7 Å². The maximum Gasteiger partial charge on any atom is 0.170 e. The van der Waals surface area contributed by atoms with E-state index in [1.165, 1.54) is 0 Å². The van der Waals surface area contributed by atoms with E-state index >= 15 is 0 Å². The second kappa shape index (κ2) is 8.17. The van der Waals surface area contributed by atoms with E-state index in [0.717, 1.165) is 37.1 Å². The molecule has 0 amide bonds. The molecule has 2 heterocycles. The van der Waals surface area contributed by atoms with Crippen molar-refractivity contribution in [2.75, 3.05) is 17.6 Å². The smallest absolute Gasteiger partial charge is 0.170 e. The average Bonchev–Trinajstić information content (AvgIpc) is 2.55. The summed E-state index contributed by atoms with van der Waals surface area (Å²) in [6.07, 6.45) is 4.64. The minimum absolute atomic E-state index is 0.352. The molecule has 22 heavy (non-hydrogen) atoms. The number of nitrogens with two attached hydrogens (primary N) is 1. The molecule has 0 bridgehead atoms. The molecule has 2 rings (SSSR count). The van der Waals surface area contributed by atoms with E-state index in [2.05, 4.69) is 27.4 Å². The van der Waals surface area contributed by atoms with E-state index in [1.807, 2.05) is 25.1 Å². The molecule has 0 radical (unpaired) electrons. The third-order valence-corrected chi connectivity index (χ3v) is 3.31. The number of anilines is 2. The fourth-order valence-corrected chi connectivity index (χ4v) is 2.01. The number of aryl methyl sites for hydroxylation is 1. The van der Waals surface area contributed by atoms with Crippen molar-refractivity contribution in [3.05, 3.63) is 35.7 Å². The number of nitrogen functional groups attached to an aromatic ring is 1. The summed E-state index contributed by atoms with van der Waals surface area (Å²) in [7, 11) is 0. The van der Waals surface area contributed by atoms with Crippen LogP contribution >= 0.6 is 0 Å². The van der Waals surface area contributed by atoms with Crippen molar-refractivity contribution in [3.63, 3.8) is 0 Å². The lowest BCUT2D eigenvalue weighted by Gasteiger charge is -2.14. The molecule has 0 aliphatic heterocycles. The van der Waals surface area contributed by atoms with Crippen molar-refractivity contribution in [2.24, 2.45) is 0 Å². The molecular weight excluding hydrogens is 278 g/mol. The summed E-state index contributed by atoms with van der Waals surface area (Å²) < 4.78 is 5.87. The van der Waals surface area contributed by atoms with Gasteiger partial charge in [0, 0.05) is 12.7 Å². The zero-order valence-electron chi connectivity index (χ0n) is 13.2. The third kappa shape index (κ3) is 4.31. The van der Waals surface area contributed by atoms with E-state index in [4.69, 9.17) is 10.5 Å². The topological polar surface area (TPSA) is 86.0 Å². The fraction of sp³-hybridized carbons (Fsp3) is 0.438. The number of ether oxygens (including phenoxy) is 1. The van der Waals surface area contributed by atoms with Gasteiger partial charge in [-0.2, -0.15) is 10.2 Å². The first-order valence-electron chi connectivity index (χ1n) is 7.67. The van der Waals surface area contributed by atoms with Crippen molar-refractivity contribution < 1.29 is 4.74 Å². The fourth-order valence-electron chi connectivity index (χ4n) is 2.01. The monoisotopic (exact) mass is 301 g/mol. The van der Waals surface area contributed by atoms with Crippen molar-refractivity contribution in [2.45, 2.75) is 39.7 Å². The number of aromatic nitrogens is 3. The van der Waals surface area contributed by atoms with Crippen LogP contribution in [0.25, 0.3) is 0 Å². The summed E-state index contributed by atoms with van der Waals surface area (Å²) in [4.78, 5) is 4.43. The van der Waals surface area contributed by atoms with Gasteiger partial charge in [0.05, 0.1) is 0 Å². The van der Waals surface area contributed by atoms with Crippen molar-refractivity contribution >= 4 is 11.6 Å². The van der Waals surface area contributed by atoms with E-state index in [0.29, 0.717) is 24.0 Å². The molecule has 0 spiro atoms. The highest BCUT2D eigenvalue weighted by molar-refractivity contribution is 5.58. The Hall–Kier alpha value is -2.37. The number of nitrogens with zero attached hydrogens (tertiary/aromatic N) is 3. The van der Waals surface area contributed by atoms with Crippen LogP contribution < -0.4 is 15.8 Å². The predicted octanol–water partition coefficient (Wildman–Crippen LogP) is 2.81. The van der Waals surface area contributed by atoms with Gasteiger partial charge in [-0.1, -0.05) is 20.3 Å². The number of hydrogen-bond donors (Lipinski definition) is 2. The van der Waals surface area contributed by atoms with Crippen LogP contribution in [0.5, 0.6) is 5.75 Å². The molecule has 0 atom stereocenters. The molecule has 6 nitrogen and oxygen atoms in total. The van der Waals surface area contributed by atoms with Crippen LogP contribution in [0.15, 0.2) is 24.4 Å². The highest BCUT2D eigenvalue weighted by Gasteiger charge is 2.10. The maximum atomic E-state index is 5.98. The van der Waals surface area contributed by atoms with E-state index in [-0.39, 0.29) is 0 Å². The van der Waals surface area contributed by atoms with Crippen LogP contribution in [0.3, 0.4) is 0 Å². The van der Waals surface area contributed by atoms with Crippen LogP contribution in [0, 0.1) is 0 Å². The van der Waals surface area contributed by atoms with Gasteiger partial charge >= 0.3 is 0 Å². The SMILES string of the molecule is CCCCNc1nc(N)c(CC)cc1OCc1cccnn1. The Morgan fingerprint density at radius 2 is 2.18 bits per heavy atom. The third-order valence-electron chi connectivity index (χ3n) is 3.31. The molecule has 2 aromatic rings. The molecule has 0 unspecified atom stereocenters. The summed E-state index contributed by atoms with van der Waals surface area (Å²) >= 11 is 0. The highest BCUT2D eigenvalue weighted by Crippen LogP contribution is 2.28. The van der Waals surface area contributed by atoms with Crippen LogP contribution in [0.4, 0.5) is 11.6 Å². The standard InChI is InChI=1S/C16H23N5O/c1-3-5-8-18-16-14(10-12(4-2)15(17)20-16)22-11-13-7-6-9-19-21-13/h6-7,9-10H,3-5,8,11H2,1-2H3,(H3,17,18,20). The van der Waals surface area contributed by atoms with Gasteiger partial charge < -0.3 is 15.8 Å². The number of unbranched alkanes of at least 4 members (excludes halogenated alkanes) is 1. The van der Waals surface area contributed by atoms with Crippen LogP contribution in [0.2, 0.25) is 0 Å². The molecular formula is C16H23N5O. The first kappa shape index (κ1) is 16.0. The van der Waals surface area contributed by atoms with Gasteiger partial charge in [0.1, 0.15) is 18.1 Å². The average molecular weight is 301 g/mol. The van der Waals surface area contributed by atoms with E-state index in [9.17, 15) is 0 Å². The van der Waals surface area contributed by atoms with Gasteiger partial charge in [0.2, 0.25) is 0 Å². The maximum absolute atomic E-state index is 5.98. The number of nitrogens with one attached hydrogen (secondary N) is 1. The van der Waals surface area contributed by atoms with Gasteiger partial charge in [-0.15, -0.1) is 0 Å². The summed E-state index contributed by atoms with van der Waals surface area (Å²) in [5, 5.41) is 11.2. The summed E-state index contributed by atoms with van der Waals surface area (Å²) in [5.41, 5.74) is 7.74. The Kier molecular flexibility index (Phi) is 5.94. The van der Waals surface area contributed by atoms with E-state index < -0.39 is 0 Å². The minimum atomic E-state index is 0.352. The second-order valence-corrected chi connectivity index (χ2v) is 5.02. The largest absolute Gasteiger partial charge is 0.483 e. The van der Waals surface area contributed by atoms with Gasteiger partial charge in [-0.25, -0.2) is 4.98 Å². The molecule has 118 valence electrons. The van der Waals surface area contributed by atoms with Crippen LogP contribution in [-0.2, 0) is 13.0 Å². The molecule has 0 aromatic carbocycles. The van der Waals surface area contributed by atoms with Gasteiger partial charge in [-0.05, 0) is 36.6 Å². The molecule has 6 heteroatoms. The highest BCUT2D eigenvalue weighted by atomic mass is 16.5. The molecule has 0 saturated heterocycles. The zero-order chi connectivity index (χ0) is 15.8. The molecule has 0 aliphatic carbocycles. The van der Waals surface area contributed by atoms with Crippen molar-refractivity contribution in [1.29, 1.82) is 0 Å².